The number of anilines is 1. The van der Waals surface area contributed by atoms with E-state index in [4.69, 9.17) is 10.5 Å². The number of nitrogens with two attached hydrogens (primary N) is 1. The van der Waals surface area contributed by atoms with E-state index in [1.807, 2.05) is 20.8 Å². The number of methoxy groups -OCH3 is 1. The van der Waals surface area contributed by atoms with E-state index in [1.54, 1.807) is 19.2 Å². The molecule has 0 aliphatic carbocycles. The molecule has 2 N–H and O–H groups in total. The van der Waals surface area contributed by atoms with Gasteiger partial charge in [0, 0.05) is 57.2 Å². The molecule has 1 aliphatic rings. The molecule has 0 radical (unpaired) electrons. The number of carbonyl (C=O) groups is 1. The third kappa shape index (κ3) is 7.34. The summed E-state index contributed by atoms with van der Waals surface area (Å²) in [6.07, 6.45) is 3.41. The summed E-state index contributed by atoms with van der Waals surface area (Å²) in [5.41, 5.74) is 7.22. The Hall–Kier alpha value is -3.94. The molecule has 0 spiro atoms. The number of carbonyl (C=O) groups excluding carboxylic acids is 1. The summed E-state index contributed by atoms with van der Waals surface area (Å²) in [5, 5.41) is 0. The van der Waals surface area contributed by atoms with E-state index in [-0.39, 0.29) is 11.3 Å². The predicted octanol–water partition coefficient (Wildman–Crippen LogP) is 3.79. The van der Waals surface area contributed by atoms with Gasteiger partial charge >= 0.3 is 0 Å². The Morgan fingerprint density at radius 2 is 1.74 bits per heavy atom. The fraction of sp³-hybridized carbons (Fsp3) is 0.379. The van der Waals surface area contributed by atoms with Crippen LogP contribution in [0.2, 0.25) is 0 Å². The molecule has 1 fully saturated rings. The first-order chi connectivity index (χ1) is 18.9. The molecule has 206 valence electrons. The largest absolute Gasteiger partial charge is 0.384 e. The topological polar surface area (TPSA) is 97.5 Å². The highest BCUT2D eigenvalue weighted by Crippen LogP contribution is 2.28. The van der Waals surface area contributed by atoms with Crippen molar-refractivity contribution in [2.24, 2.45) is 0 Å². The van der Waals surface area contributed by atoms with Crippen molar-refractivity contribution < 1.29 is 18.3 Å². The highest BCUT2D eigenvalue weighted by atomic mass is 19.1. The SMILES string of the molecule is CC.CCc1ncnc(-c2cc(F)c(C(=O)N3CCN(CCOC)CC3)c(F)c2)c1C#Cc1ccc(N)nc1. The number of ether oxygens (including phenoxy) is 1. The zero-order chi connectivity index (χ0) is 28.4. The van der Waals surface area contributed by atoms with Gasteiger partial charge in [0.2, 0.25) is 0 Å². The third-order valence-electron chi connectivity index (χ3n) is 6.18. The molecule has 0 bridgehead atoms. The fourth-order valence-corrected chi connectivity index (χ4v) is 4.12. The second kappa shape index (κ2) is 14.3. The van der Waals surface area contributed by atoms with E-state index in [1.165, 1.54) is 17.4 Å². The first-order valence-corrected chi connectivity index (χ1v) is 13.0. The van der Waals surface area contributed by atoms with Crippen LogP contribution in [0.5, 0.6) is 0 Å². The van der Waals surface area contributed by atoms with E-state index in [2.05, 4.69) is 31.7 Å². The van der Waals surface area contributed by atoms with Crippen LogP contribution in [0, 0.1) is 23.5 Å². The average molecular weight is 537 g/mol. The van der Waals surface area contributed by atoms with E-state index in [0.29, 0.717) is 61.8 Å². The Balaban J connectivity index is 0.00000205. The smallest absolute Gasteiger partial charge is 0.259 e. The molecule has 3 aromatic rings. The molecular formula is C29H34F2N6O2. The Kier molecular flexibility index (Phi) is 10.8. The molecule has 1 aromatic carbocycles. The van der Waals surface area contributed by atoms with Gasteiger partial charge in [-0.1, -0.05) is 32.6 Å². The number of piperazine rings is 1. The van der Waals surface area contributed by atoms with Crippen LogP contribution in [0.25, 0.3) is 11.3 Å². The zero-order valence-corrected chi connectivity index (χ0v) is 22.8. The number of aromatic nitrogens is 3. The number of nitrogens with zero attached hydrogens (tertiary/aromatic N) is 5. The summed E-state index contributed by atoms with van der Waals surface area (Å²) in [6.45, 7) is 9.23. The van der Waals surface area contributed by atoms with Crippen LogP contribution in [-0.2, 0) is 11.2 Å². The summed E-state index contributed by atoms with van der Waals surface area (Å²) in [7, 11) is 1.63. The lowest BCUT2D eigenvalue weighted by atomic mass is 10.0. The minimum atomic E-state index is -0.944. The Bertz CT molecular complexity index is 1310. The molecule has 3 heterocycles. The van der Waals surface area contributed by atoms with Gasteiger partial charge in [-0.3, -0.25) is 9.69 Å². The maximum atomic E-state index is 15.2. The summed E-state index contributed by atoms with van der Waals surface area (Å²) in [5.74, 6) is 3.82. The molecular weight excluding hydrogens is 502 g/mol. The van der Waals surface area contributed by atoms with E-state index >= 15 is 8.78 Å². The Morgan fingerprint density at radius 3 is 2.33 bits per heavy atom. The van der Waals surface area contributed by atoms with Gasteiger partial charge in [-0.15, -0.1) is 0 Å². The Labute approximate surface area is 228 Å². The lowest BCUT2D eigenvalue weighted by molar-refractivity contribution is 0.0585. The first kappa shape index (κ1) is 29.6. The lowest BCUT2D eigenvalue weighted by Crippen LogP contribution is -2.49. The number of aryl methyl sites for hydroxylation is 1. The van der Waals surface area contributed by atoms with Gasteiger partial charge in [0.15, 0.2) is 0 Å². The van der Waals surface area contributed by atoms with Crippen LogP contribution < -0.4 is 5.73 Å². The van der Waals surface area contributed by atoms with Crippen LogP contribution >= 0.6 is 0 Å². The van der Waals surface area contributed by atoms with Gasteiger partial charge in [0.1, 0.15) is 29.3 Å². The monoisotopic (exact) mass is 536 g/mol. The van der Waals surface area contributed by atoms with Crippen molar-refractivity contribution in [1.82, 2.24) is 24.8 Å². The summed E-state index contributed by atoms with van der Waals surface area (Å²) in [6, 6.07) is 5.61. The van der Waals surface area contributed by atoms with Crippen molar-refractivity contribution in [3.8, 4) is 23.1 Å². The summed E-state index contributed by atoms with van der Waals surface area (Å²) in [4.78, 5) is 29.2. The highest BCUT2D eigenvalue weighted by molar-refractivity contribution is 5.95. The maximum Gasteiger partial charge on any atom is 0.259 e. The van der Waals surface area contributed by atoms with Crippen molar-refractivity contribution in [3.63, 3.8) is 0 Å². The normalized spacial score (nSPS) is 13.2. The molecule has 8 nitrogen and oxygen atoms in total. The molecule has 1 saturated heterocycles. The van der Waals surface area contributed by atoms with Gasteiger partial charge < -0.3 is 15.4 Å². The number of halogens is 2. The van der Waals surface area contributed by atoms with E-state index in [9.17, 15) is 4.79 Å². The average Bonchev–Trinajstić information content (AvgIpc) is 2.96. The summed E-state index contributed by atoms with van der Waals surface area (Å²) < 4.78 is 35.6. The number of pyridine rings is 1. The minimum Gasteiger partial charge on any atom is -0.384 e. The number of hydrogen-bond donors (Lipinski definition) is 1. The number of benzene rings is 1. The van der Waals surface area contributed by atoms with Crippen LogP contribution in [0.3, 0.4) is 0 Å². The quantitative estimate of drug-likeness (QED) is 0.479. The standard InChI is InChI=1S/C27H28F2N6O2.C2H6/c1-3-23-20(6-4-18-5-7-24(30)31-16-18)26(33-17-32-23)19-14-21(28)25(22(29)15-19)27(36)35-10-8-34(9-11-35)12-13-37-2;1-2/h5,7,14-17H,3,8-13H2,1-2H3,(H2,30,31);1-2H3. The van der Waals surface area contributed by atoms with Crippen LogP contribution in [0.15, 0.2) is 36.8 Å². The highest BCUT2D eigenvalue weighted by Gasteiger charge is 2.27. The molecule has 4 rings (SSSR count). The lowest BCUT2D eigenvalue weighted by Gasteiger charge is -2.34. The van der Waals surface area contributed by atoms with Gasteiger partial charge in [0.25, 0.3) is 5.91 Å². The zero-order valence-electron chi connectivity index (χ0n) is 22.8. The second-order valence-corrected chi connectivity index (χ2v) is 8.56. The predicted molar refractivity (Wildman–Crippen MR) is 147 cm³/mol. The van der Waals surface area contributed by atoms with Crippen LogP contribution in [0.4, 0.5) is 14.6 Å². The molecule has 39 heavy (non-hydrogen) atoms. The fourth-order valence-electron chi connectivity index (χ4n) is 4.12. The molecule has 0 saturated carbocycles. The molecule has 0 atom stereocenters. The van der Waals surface area contributed by atoms with Crippen molar-refractivity contribution in [2.45, 2.75) is 27.2 Å². The maximum absolute atomic E-state index is 15.2. The van der Waals surface area contributed by atoms with Gasteiger partial charge in [-0.2, -0.15) is 0 Å². The Morgan fingerprint density at radius 1 is 1.05 bits per heavy atom. The number of hydrogen-bond acceptors (Lipinski definition) is 7. The van der Waals surface area contributed by atoms with Gasteiger partial charge in [0.05, 0.1) is 23.6 Å². The number of rotatable bonds is 6. The molecule has 2 aromatic heterocycles. The van der Waals surface area contributed by atoms with Crippen molar-refractivity contribution >= 4 is 11.7 Å². The molecule has 1 aliphatic heterocycles. The number of amides is 1. The number of nitrogen functional groups attached to an aromatic ring is 1. The van der Waals surface area contributed by atoms with Crippen LogP contribution in [0.1, 0.15) is 48.0 Å². The van der Waals surface area contributed by atoms with Gasteiger partial charge in [-0.25, -0.2) is 23.7 Å². The van der Waals surface area contributed by atoms with Crippen molar-refractivity contribution in [1.29, 1.82) is 0 Å². The van der Waals surface area contributed by atoms with Gasteiger partial charge in [-0.05, 0) is 30.7 Å². The van der Waals surface area contributed by atoms with Crippen molar-refractivity contribution in [2.75, 3.05) is 52.2 Å². The molecule has 1 amide bonds. The molecule has 0 unspecified atom stereocenters. The first-order valence-electron chi connectivity index (χ1n) is 13.0. The van der Waals surface area contributed by atoms with Crippen LogP contribution in [-0.4, -0.2) is 77.1 Å². The van der Waals surface area contributed by atoms with E-state index < -0.39 is 23.1 Å². The van der Waals surface area contributed by atoms with Crippen molar-refractivity contribution in [3.05, 3.63) is 70.8 Å². The summed E-state index contributed by atoms with van der Waals surface area (Å²) >= 11 is 0. The minimum absolute atomic E-state index is 0.174. The third-order valence-corrected chi connectivity index (χ3v) is 6.18. The molecule has 10 heteroatoms. The van der Waals surface area contributed by atoms with E-state index in [0.717, 1.165) is 18.7 Å². The second-order valence-electron chi connectivity index (χ2n) is 8.56.